The zero-order valence-corrected chi connectivity index (χ0v) is 17.5. The van der Waals surface area contributed by atoms with E-state index in [9.17, 15) is 24.0 Å². The maximum absolute atomic E-state index is 11.2. The predicted molar refractivity (Wildman–Crippen MR) is 104 cm³/mol. The van der Waals surface area contributed by atoms with E-state index in [1.165, 1.54) is 6.07 Å². The van der Waals surface area contributed by atoms with Gasteiger partial charge in [0.1, 0.15) is 0 Å². The second-order valence-electron chi connectivity index (χ2n) is 5.87. The number of aryl methyl sites for hydroxylation is 1. The van der Waals surface area contributed by atoms with E-state index in [1.807, 2.05) is 0 Å². The molecule has 8 nitrogen and oxygen atoms in total. The Morgan fingerprint density at radius 3 is 1.60 bits per heavy atom. The summed E-state index contributed by atoms with van der Waals surface area (Å²) in [5, 5.41) is 8.69. The number of carboxylic acids is 1. The number of carbonyl (C=O) groups excluding carboxylic acids is 4. The second-order valence-corrected chi connectivity index (χ2v) is 7.44. The largest absolute Gasteiger partial charge is 0.478 e. The van der Waals surface area contributed by atoms with Gasteiger partial charge in [0.25, 0.3) is 0 Å². The van der Waals surface area contributed by atoms with Gasteiger partial charge in [-0.15, -0.1) is 0 Å². The lowest BCUT2D eigenvalue weighted by molar-refractivity contribution is 0.0425. The molecule has 2 aromatic carbocycles. The average molecular weight is 492 g/mol. The zero-order valence-electron chi connectivity index (χ0n) is 14.5. The Labute approximate surface area is 187 Å². The third-order valence-corrected chi connectivity index (χ3v) is 5.51. The van der Waals surface area contributed by atoms with Gasteiger partial charge in [0.2, 0.25) is 0 Å². The first kappa shape index (κ1) is 22.0. The van der Waals surface area contributed by atoms with E-state index in [0.717, 1.165) is 6.07 Å². The van der Waals surface area contributed by atoms with Gasteiger partial charge in [0, 0.05) is 0 Å². The van der Waals surface area contributed by atoms with Crippen molar-refractivity contribution in [2.24, 2.45) is 0 Å². The Morgan fingerprint density at radius 1 is 0.733 bits per heavy atom. The van der Waals surface area contributed by atoms with Crippen molar-refractivity contribution < 1.29 is 38.6 Å². The number of benzene rings is 2. The summed E-state index contributed by atoms with van der Waals surface area (Å²) in [7, 11) is 0. The number of fused-ring (bicyclic) bond motifs is 2. The second kappa shape index (κ2) is 7.88. The van der Waals surface area contributed by atoms with Crippen LogP contribution in [0.1, 0.15) is 57.4 Å². The number of cyclic esters (lactones) is 4. The van der Waals surface area contributed by atoms with E-state index in [1.54, 1.807) is 6.92 Å². The summed E-state index contributed by atoms with van der Waals surface area (Å²) < 4.78 is 8.69. The minimum atomic E-state index is -1.35. The van der Waals surface area contributed by atoms with Crippen LogP contribution in [0.5, 0.6) is 0 Å². The van der Waals surface area contributed by atoms with Crippen molar-refractivity contribution in [3.8, 4) is 0 Å². The molecule has 0 bridgehead atoms. The molecule has 2 aliphatic heterocycles. The van der Waals surface area contributed by atoms with Crippen LogP contribution in [-0.4, -0.2) is 35.0 Å². The topological polar surface area (TPSA) is 124 Å². The highest BCUT2D eigenvalue weighted by Gasteiger charge is 2.37. The van der Waals surface area contributed by atoms with E-state index in [0.29, 0.717) is 5.56 Å². The van der Waals surface area contributed by atoms with Gasteiger partial charge in [0.05, 0.1) is 47.9 Å². The molecular weight excluding hydrogens is 486 g/mol. The summed E-state index contributed by atoms with van der Waals surface area (Å²) in [6.45, 7) is 1.70. The molecule has 0 spiro atoms. The quantitative estimate of drug-likeness (QED) is 0.452. The molecule has 0 radical (unpaired) electrons. The van der Waals surface area contributed by atoms with E-state index >= 15 is 0 Å². The SMILES string of the molecule is Cc1cc(Cl)c2c(c1Cl)C(=O)OC2=O.O=C(O)c1cc(Cl)c2c(c1Cl)C(=O)OC2=O. The number of rotatable bonds is 1. The van der Waals surface area contributed by atoms with Gasteiger partial charge >= 0.3 is 29.8 Å². The lowest BCUT2D eigenvalue weighted by atomic mass is 10.1. The third-order valence-electron chi connectivity index (χ3n) is 4.03. The summed E-state index contributed by atoms with van der Waals surface area (Å²) in [5.74, 6) is -4.74. The fourth-order valence-electron chi connectivity index (χ4n) is 2.69. The summed E-state index contributed by atoms with van der Waals surface area (Å²) in [6.07, 6.45) is 0. The molecule has 1 N–H and O–H groups in total. The van der Waals surface area contributed by atoms with E-state index in [2.05, 4.69) is 9.47 Å². The highest BCUT2D eigenvalue weighted by atomic mass is 35.5. The number of aromatic carboxylic acids is 1. The maximum Gasteiger partial charge on any atom is 0.348 e. The van der Waals surface area contributed by atoms with E-state index < -0.39 is 29.8 Å². The molecule has 4 rings (SSSR count). The molecule has 2 aromatic rings. The zero-order chi connectivity index (χ0) is 22.5. The number of ether oxygens (including phenoxy) is 2. The molecule has 0 atom stereocenters. The van der Waals surface area contributed by atoms with Crippen molar-refractivity contribution in [1.82, 2.24) is 0 Å². The lowest BCUT2D eigenvalue weighted by Gasteiger charge is -2.03. The van der Waals surface area contributed by atoms with Gasteiger partial charge < -0.3 is 14.6 Å². The van der Waals surface area contributed by atoms with Gasteiger partial charge in [0.15, 0.2) is 0 Å². The van der Waals surface area contributed by atoms with Gasteiger partial charge in [-0.2, -0.15) is 0 Å². The molecule has 0 aromatic heterocycles. The minimum Gasteiger partial charge on any atom is -0.478 e. The van der Waals surface area contributed by atoms with Crippen LogP contribution in [0.2, 0.25) is 20.1 Å². The van der Waals surface area contributed by atoms with Gasteiger partial charge in [-0.1, -0.05) is 46.4 Å². The average Bonchev–Trinajstić information content (AvgIpc) is 3.12. The first-order valence-electron chi connectivity index (χ1n) is 7.72. The van der Waals surface area contributed by atoms with Gasteiger partial charge in [-0.05, 0) is 24.6 Å². The summed E-state index contributed by atoms with van der Waals surface area (Å²) >= 11 is 23.0. The summed E-state index contributed by atoms with van der Waals surface area (Å²) in [5.41, 5.74) is -0.0636. The molecule has 0 aliphatic carbocycles. The predicted octanol–water partition coefficient (Wildman–Crippen LogP) is 4.61. The number of carbonyl (C=O) groups is 5. The number of esters is 4. The Bertz CT molecular complexity index is 1200. The highest BCUT2D eigenvalue weighted by Crippen LogP contribution is 2.36. The fraction of sp³-hybridized carbons (Fsp3) is 0.0556. The van der Waals surface area contributed by atoms with E-state index in [4.69, 9.17) is 51.5 Å². The standard InChI is InChI=1S/C9H2Cl2O5.C9H4Cl2O3/c10-3-1-2(7(12)13)6(11)5-4(3)8(14)16-9(5)15;1-3-2-4(10)5-6(7(3)11)9(13)14-8(5)12/h1H,(H,12,13);2H,1H3. The van der Waals surface area contributed by atoms with Crippen LogP contribution in [0.4, 0.5) is 0 Å². The Hall–Kier alpha value is -2.65. The Kier molecular flexibility index (Phi) is 5.79. The van der Waals surface area contributed by atoms with Crippen molar-refractivity contribution in [1.29, 1.82) is 0 Å². The van der Waals surface area contributed by atoms with Crippen LogP contribution >= 0.6 is 46.4 Å². The van der Waals surface area contributed by atoms with Gasteiger partial charge in [-0.25, -0.2) is 24.0 Å². The number of carboxylic acid groups (broad SMARTS) is 1. The van der Waals surface area contributed by atoms with Crippen LogP contribution in [0.15, 0.2) is 12.1 Å². The van der Waals surface area contributed by atoms with Crippen LogP contribution in [0.25, 0.3) is 0 Å². The maximum atomic E-state index is 11.2. The molecule has 0 fully saturated rings. The van der Waals surface area contributed by atoms with Crippen molar-refractivity contribution in [3.05, 3.63) is 65.6 Å². The van der Waals surface area contributed by atoms with Crippen LogP contribution in [0, 0.1) is 6.92 Å². The monoisotopic (exact) mass is 490 g/mol. The molecular formula is C18H6Cl4O8. The Morgan fingerprint density at radius 2 is 1.13 bits per heavy atom. The molecule has 0 unspecified atom stereocenters. The normalized spacial score (nSPS) is 13.9. The molecule has 12 heteroatoms. The first-order chi connectivity index (χ1) is 14.0. The third kappa shape index (κ3) is 3.52. The molecule has 30 heavy (non-hydrogen) atoms. The van der Waals surface area contributed by atoms with Crippen LogP contribution in [0.3, 0.4) is 0 Å². The summed E-state index contributed by atoms with van der Waals surface area (Å²) in [4.78, 5) is 55.6. The molecule has 154 valence electrons. The minimum absolute atomic E-state index is 0.0623. The molecule has 0 saturated carbocycles. The molecule has 2 heterocycles. The van der Waals surface area contributed by atoms with Gasteiger partial charge in [-0.3, -0.25) is 0 Å². The van der Waals surface area contributed by atoms with Crippen molar-refractivity contribution in [3.63, 3.8) is 0 Å². The first-order valence-corrected chi connectivity index (χ1v) is 9.23. The fourth-order valence-corrected chi connectivity index (χ4v) is 3.84. The number of halogens is 4. The Balaban J connectivity index is 0.000000172. The smallest absolute Gasteiger partial charge is 0.348 e. The summed E-state index contributed by atoms with van der Waals surface area (Å²) in [6, 6.07) is 2.54. The van der Waals surface area contributed by atoms with Crippen LogP contribution in [-0.2, 0) is 9.47 Å². The molecule has 0 amide bonds. The van der Waals surface area contributed by atoms with Crippen molar-refractivity contribution in [2.75, 3.05) is 0 Å². The number of hydrogen-bond acceptors (Lipinski definition) is 7. The highest BCUT2D eigenvalue weighted by molar-refractivity contribution is 6.42. The van der Waals surface area contributed by atoms with Crippen LogP contribution < -0.4 is 0 Å². The van der Waals surface area contributed by atoms with Crippen molar-refractivity contribution in [2.45, 2.75) is 6.92 Å². The molecule has 2 aliphatic rings. The molecule has 0 saturated heterocycles. The lowest BCUT2D eigenvalue weighted by Crippen LogP contribution is -2.03. The van der Waals surface area contributed by atoms with Crippen molar-refractivity contribution >= 4 is 76.3 Å². The number of hydrogen-bond donors (Lipinski definition) is 1. The van der Waals surface area contributed by atoms with E-state index in [-0.39, 0.29) is 47.9 Å².